The van der Waals surface area contributed by atoms with E-state index in [2.05, 4.69) is 12.2 Å². The van der Waals surface area contributed by atoms with Crippen molar-refractivity contribution in [1.29, 1.82) is 0 Å². The zero-order valence-electron chi connectivity index (χ0n) is 10.5. The van der Waals surface area contributed by atoms with Crippen molar-refractivity contribution in [3.63, 3.8) is 0 Å². The van der Waals surface area contributed by atoms with Gasteiger partial charge < -0.3 is 11.1 Å². The van der Waals surface area contributed by atoms with Gasteiger partial charge in [0.2, 0.25) is 5.91 Å². The van der Waals surface area contributed by atoms with Crippen molar-refractivity contribution in [2.75, 3.05) is 12.0 Å². The summed E-state index contributed by atoms with van der Waals surface area (Å²) in [5, 5.41) is 2.86. The minimum absolute atomic E-state index is 0.110. The molecule has 1 saturated carbocycles. The van der Waals surface area contributed by atoms with E-state index in [1.807, 2.05) is 6.92 Å². The van der Waals surface area contributed by atoms with Crippen molar-refractivity contribution in [3.8, 4) is 0 Å². The number of rotatable bonds is 5. The molecule has 17 heavy (non-hydrogen) atoms. The molecule has 0 aromatic rings. The highest BCUT2D eigenvalue weighted by atomic mass is 32.2. The van der Waals surface area contributed by atoms with Crippen LogP contribution in [0.5, 0.6) is 0 Å². The molecule has 2 atom stereocenters. The highest BCUT2D eigenvalue weighted by Crippen LogP contribution is 2.46. The van der Waals surface area contributed by atoms with E-state index in [4.69, 9.17) is 18.0 Å². The van der Waals surface area contributed by atoms with Gasteiger partial charge in [-0.05, 0) is 25.7 Å². The van der Waals surface area contributed by atoms with Crippen LogP contribution in [0.1, 0.15) is 26.7 Å². The second-order valence-corrected chi connectivity index (χ2v) is 6.99. The summed E-state index contributed by atoms with van der Waals surface area (Å²) in [6.45, 7) is 3.92. The molecule has 0 aromatic carbocycles. The summed E-state index contributed by atoms with van der Waals surface area (Å²) in [4.78, 5) is 12.4. The maximum atomic E-state index is 12.1. The van der Waals surface area contributed by atoms with Crippen molar-refractivity contribution in [1.82, 2.24) is 5.32 Å². The van der Waals surface area contributed by atoms with Crippen molar-refractivity contribution in [3.05, 3.63) is 0 Å². The molecule has 0 aliphatic heterocycles. The van der Waals surface area contributed by atoms with Gasteiger partial charge in [0, 0.05) is 28.9 Å². The predicted octanol–water partition coefficient (Wildman–Crippen LogP) is 0.572. The monoisotopic (exact) mass is 276 g/mol. The summed E-state index contributed by atoms with van der Waals surface area (Å²) in [6, 6.07) is -0.115. The van der Waals surface area contributed by atoms with Crippen LogP contribution in [-0.2, 0) is 15.6 Å². The van der Waals surface area contributed by atoms with E-state index < -0.39 is 16.2 Å². The number of hydrogen-bond acceptors (Lipinski definition) is 3. The molecule has 4 nitrogen and oxygen atoms in total. The van der Waals surface area contributed by atoms with E-state index in [-0.39, 0.29) is 16.9 Å². The summed E-state index contributed by atoms with van der Waals surface area (Å²) in [6.07, 6.45) is 3.06. The van der Waals surface area contributed by atoms with Gasteiger partial charge in [-0.1, -0.05) is 19.1 Å². The van der Waals surface area contributed by atoms with Crippen LogP contribution in [0.4, 0.5) is 0 Å². The normalized spacial score (nSPS) is 31.1. The van der Waals surface area contributed by atoms with Crippen LogP contribution in [0.15, 0.2) is 0 Å². The van der Waals surface area contributed by atoms with Crippen LogP contribution in [0.2, 0.25) is 0 Å². The van der Waals surface area contributed by atoms with Crippen LogP contribution < -0.4 is 11.1 Å². The highest BCUT2D eigenvalue weighted by Gasteiger charge is 2.50. The summed E-state index contributed by atoms with van der Waals surface area (Å²) in [5.41, 5.74) is 5.02. The molecule has 3 N–H and O–H groups in total. The third kappa shape index (κ3) is 3.25. The number of carbonyl (C=O) groups excluding carboxylic acids is 1. The molecule has 1 aliphatic rings. The maximum absolute atomic E-state index is 12.1. The molecule has 1 fully saturated rings. The first kappa shape index (κ1) is 14.6. The summed E-state index contributed by atoms with van der Waals surface area (Å²) < 4.78 is 11.1. The molecule has 2 unspecified atom stereocenters. The Morgan fingerprint density at radius 1 is 1.65 bits per heavy atom. The van der Waals surface area contributed by atoms with Crippen molar-refractivity contribution >= 4 is 33.9 Å². The fourth-order valence-corrected chi connectivity index (χ4v) is 3.43. The molecule has 1 amide bonds. The van der Waals surface area contributed by atoms with Crippen LogP contribution in [0.25, 0.3) is 0 Å². The van der Waals surface area contributed by atoms with Gasteiger partial charge in [0.05, 0.1) is 10.4 Å². The van der Waals surface area contributed by atoms with Crippen molar-refractivity contribution < 1.29 is 9.00 Å². The fraction of sp³-hybridized carbons (Fsp3) is 0.818. The van der Waals surface area contributed by atoms with E-state index in [0.717, 1.165) is 12.8 Å². The molecule has 0 aromatic heterocycles. The number of thiocarbonyl (C=S) groups is 1. The molecule has 0 heterocycles. The first-order valence-electron chi connectivity index (χ1n) is 5.69. The van der Waals surface area contributed by atoms with Crippen molar-refractivity contribution in [2.45, 2.75) is 32.7 Å². The third-order valence-electron chi connectivity index (χ3n) is 3.16. The standard InChI is InChI=1S/C11H20N2O2S2/c1-7-4-11(5-7,9(12)16)10(14)13-8(2)6-17(3)15/h7-8H,4-6H2,1-3H3,(H2,12,16)(H,13,14). The number of amides is 1. The first-order valence-corrected chi connectivity index (χ1v) is 7.82. The second-order valence-electron chi connectivity index (χ2n) is 5.07. The smallest absolute Gasteiger partial charge is 0.233 e. The largest absolute Gasteiger partial charge is 0.392 e. The Morgan fingerprint density at radius 2 is 2.18 bits per heavy atom. The lowest BCUT2D eigenvalue weighted by molar-refractivity contribution is -0.133. The van der Waals surface area contributed by atoms with Crippen LogP contribution >= 0.6 is 12.2 Å². The molecule has 1 aliphatic carbocycles. The van der Waals surface area contributed by atoms with Gasteiger partial charge in [0.15, 0.2) is 0 Å². The molecular formula is C11H20N2O2S2. The first-order chi connectivity index (χ1) is 7.78. The molecule has 1 rings (SSSR count). The minimum Gasteiger partial charge on any atom is -0.392 e. The van der Waals surface area contributed by atoms with Crippen LogP contribution in [0, 0.1) is 11.3 Å². The van der Waals surface area contributed by atoms with Gasteiger partial charge in [-0.15, -0.1) is 0 Å². The van der Waals surface area contributed by atoms with E-state index in [1.165, 1.54) is 0 Å². The number of hydrogen-bond donors (Lipinski definition) is 2. The summed E-state index contributed by atoms with van der Waals surface area (Å²) >= 11 is 5.01. The number of carbonyl (C=O) groups is 1. The van der Waals surface area contributed by atoms with Gasteiger partial charge >= 0.3 is 0 Å². The lowest BCUT2D eigenvalue weighted by atomic mass is 9.62. The van der Waals surface area contributed by atoms with Gasteiger partial charge in [-0.3, -0.25) is 9.00 Å². The average molecular weight is 276 g/mol. The number of nitrogens with two attached hydrogens (primary N) is 1. The molecule has 0 spiro atoms. The lowest BCUT2D eigenvalue weighted by Crippen LogP contribution is -2.57. The summed E-state index contributed by atoms with van der Waals surface area (Å²) in [7, 11) is -0.919. The van der Waals surface area contributed by atoms with E-state index in [1.54, 1.807) is 6.26 Å². The summed E-state index contributed by atoms with van der Waals surface area (Å²) in [5.74, 6) is 0.827. The predicted molar refractivity (Wildman–Crippen MR) is 74.2 cm³/mol. The molecule has 0 bridgehead atoms. The Kier molecular flexibility index (Phi) is 4.66. The van der Waals surface area contributed by atoms with Crippen molar-refractivity contribution in [2.24, 2.45) is 17.1 Å². The maximum Gasteiger partial charge on any atom is 0.233 e. The van der Waals surface area contributed by atoms with E-state index >= 15 is 0 Å². The fourth-order valence-electron chi connectivity index (χ4n) is 2.38. The van der Waals surface area contributed by atoms with E-state index in [9.17, 15) is 9.00 Å². The molecule has 98 valence electrons. The Hall–Kier alpha value is -0.490. The van der Waals surface area contributed by atoms with Crippen LogP contribution in [-0.4, -0.2) is 33.2 Å². The Bertz CT molecular complexity index is 351. The van der Waals surface area contributed by atoms with Crippen LogP contribution in [0.3, 0.4) is 0 Å². The third-order valence-corrected chi connectivity index (χ3v) is 4.52. The molecular weight excluding hydrogens is 256 g/mol. The Balaban J connectivity index is 2.62. The SMILES string of the molecule is CC1CC(C(=O)NC(C)CS(C)=O)(C(N)=S)C1. The second kappa shape index (κ2) is 5.44. The molecule has 6 heteroatoms. The minimum atomic E-state index is -0.919. The average Bonchev–Trinajstić information content (AvgIpc) is 2.09. The van der Waals surface area contributed by atoms with E-state index in [0.29, 0.717) is 11.7 Å². The van der Waals surface area contributed by atoms with Gasteiger partial charge in [0.25, 0.3) is 0 Å². The molecule has 0 saturated heterocycles. The van der Waals surface area contributed by atoms with Gasteiger partial charge in [-0.25, -0.2) is 0 Å². The molecule has 0 radical (unpaired) electrons. The zero-order valence-corrected chi connectivity index (χ0v) is 12.1. The zero-order chi connectivity index (χ0) is 13.2. The lowest BCUT2D eigenvalue weighted by Gasteiger charge is -2.44. The Morgan fingerprint density at radius 3 is 2.53 bits per heavy atom. The number of nitrogens with one attached hydrogen (secondary N) is 1. The van der Waals surface area contributed by atoms with Gasteiger partial charge in [0.1, 0.15) is 0 Å². The Labute approximate surface area is 110 Å². The topological polar surface area (TPSA) is 72.2 Å². The quantitative estimate of drug-likeness (QED) is 0.720. The highest BCUT2D eigenvalue weighted by molar-refractivity contribution is 7.84. The van der Waals surface area contributed by atoms with Gasteiger partial charge in [-0.2, -0.15) is 0 Å².